The van der Waals surface area contributed by atoms with Crippen molar-refractivity contribution in [2.24, 2.45) is 46.3 Å². The number of ether oxygens (including phenoxy) is 2. The van der Waals surface area contributed by atoms with Crippen LogP contribution in [-0.2, 0) is 28.7 Å². The number of aliphatic carboxylic acids is 1. The van der Waals surface area contributed by atoms with Crippen LogP contribution in [0.25, 0.3) is 10.2 Å². The minimum absolute atomic E-state index is 0.00421. The minimum Gasteiger partial charge on any atom is -0.480 e. The number of hydrogen-bond donors (Lipinski definition) is 5. The van der Waals surface area contributed by atoms with Crippen LogP contribution in [0.2, 0.25) is 0 Å². The summed E-state index contributed by atoms with van der Waals surface area (Å²) in [6, 6.07) is 5.85. The molecule has 5 N–H and O–H groups in total. The van der Waals surface area contributed by atoms with E-state index in [1.165, 1.54) is 40.4 Å². The maximum atomic E-state index is 13.7. The molecule has 1 aromatic carbocycles. The first-order chi connectivity index (χ1) is 36.5. The number of aromatic nitrogens is 1. The van der Waals surface area contributed by atoms with E-state index in [-0.39, 0.29) is 115 Å². The number of epoxide rings is 1. The number of thiazole rings is 1. The number of amides is 4. The van der Waals surface area contributed by atoms with E-state index in [1.807, 2.05) is 19.9 Å². The van der Waals surface area contributed by atoms with Crippen molar-refractivity contribution in [3.8, 4) is 11.8 Å². The molecule has 0 radical (unpaired) electrons. The quantitative estimate of drug-likeness (QED) is 0.0551. The number of likely N-dealkylation sites (N-methyl/N-ethyl adjacent to an activating group) is 1. The predicted octanol–water partition coefficient (Wildman–Crippen LogP) is 8.25. The monoisotopic (exact) mass is 1080 g/mol. The SMILES string of the molecule is CC1=C(C)C(O)C(C(C)(C)CC(=O)N(C)CCN(CCCC(=O)NCCCCC(NC(=O)CCC(C)C2CCC3C4CCC5CC(O)CCC5(C)C4CC4OC423)C(=O)O)C(=O)Oc2ccc3nc(C#N)sc3c2)=C(C)C1=O. The molecule has 1 aromatic heterocycles. The van der Waals surface area contributed by atoms with Crippen LogP contribution in [0, 0.1) is 57.7 Å². The number of hydrogen-bond acceptors (Lipinski definition) is 13. The summed E-state index contributed by atoms with van der Waals surface area (Å²) in [5.74, 6) is 1.34. The number of fused-ring (bicyclic) bond motifs is 5. The van der Waals surface area contributed by atoms with Gasteiger partial charge in [-0.15, -0.1) is 11.3 Å². The van der Waals surface area contributed by atoms with Crippen LogP contribution in [0.4, 0.5) is 4.79 Å². The van der Waals surface area contributed by atoms with Crippen LogP contribution in [0.5, 0.6) is 5.75 Å². The van der Waals surface area contributed by atoms with Crippen LogP contribution < -0.4 is 15.4 Å². The summed E-state index contributed by atoms with van der Waals surface area (Å²) >= 11 is 1.17. The third kappa shape index (κ3) is 12.2. The molecular weight excluding hydrogens is 1000 g/mol. The number of Topliss-reactive ketones (excluding diaryl/α,β-unsaturated/α-hetero) is 1. The van der Waals surface area contributed by atoms with Gasteiger partial charge in [0.05, 0.1) is 28.5 Å². The minimum atomic E-state index is -1.10. The number of nitrogens with one attached hydrogen (secondary N) is 2. The second kappa shape index (κ2) is 23.6. The Hall–Kier alpha value is -5.22. The second-order valence-corrected chi connectivity index (χ2v) is 25.5. The molecule has 5 fully saturated rings. The molecule has 17 nitrogen and oxygen atoms in total. The summed E-state index contributed by atoms with van der Waals surface area (Å²) in [5.41, 5.74) is 1.94. The molecule has 1 saturated heterocycles. The summed E-state index contributed by atoms with van der Waals surface area (Å²) in [4.78, 5) is 86.1. The van der Waals surface area contributed by atoms with Gasteiger partial charge in [-0.1, -0.05) is 27.7 Å². The smallest absolute Gasteiger partial charge is 0.415 e. The first kappa shape index (κ1) is 57.9. The molecule has 12 unspecified atom stereocenters. The van der Waals surface area contributed by atoms with Crippen molar-refractivity contribution in [2.45, 2.75) is 181 Å². The fraction of sp³-hybridized carbons (Fsp3) is 0.695. The molecule has 18 heteroatoms. The van der Waals surface area contributed by atoms with Gasteiger partial charge in [0.1, 0.15) is 23.5 Å². The topological polar surface area (TPSA) is 252 Å². The lowest BCUT2D eigenvalue weighted by molar-refractivity contribution is -0.142. The van der Waals surface area contributed by atoms with Crippen molar-refractivity contribution in [3.63, 3.8) is 0 Å². The summed E-state index contributed by atoms with van der Waals surface area (Å²) < 4.78 is 13.2. The number of carboxylic acid groups (broad SMARTS) is 1. The van der Waals surface area contributed by atoms with Crippen LogP contribution in [0.1, 0.15) is 156 Å². The van der Waals surface area contributed by atoms with E-state index in [0.29, 0.717) is 87.9 Å². The van der Waals surface area contributed by atoms with Crippen molar-refractivity contribution in [1.82, 2.24) is 25.4 Å². The van der Waals surface area contributed by atoms with Gasteiger partial charge in [-0.25, -0.2) is 14.6 Å². The molecule has 4 amide bonds. The van der Waals surface area contributed by atoms with Gasteiger partial charge in [-0.2, -0.15) is 5.26 Å². The number of carbonyl (C=O) groups excluding carboxylic acids is 5. The van der Waals surface area contributed by atoms with Gasteiger partial charge in [0, 0.05) is 58.6 Å². The highest BCUT2D eigenvalue weighted by atomic mass is 32.1. The number of ketones is 1. The Balaban J connectivity index is 0.768. The number of benzene rings is 1. The Morgan fingerprint density at radius 2 is 1.73 bits per heavy atom. The van der Waals surface area contributed by atoms with E-state index in [1.54, 1.807) is 46.0 Å². The van der Waals surface area contributed by atoms with E-state index in [9.17, 15) is 49.3 Å². The van der Waals surface area contributed by atoms with Crippen molar-refractivity contribution < 1.29 is 53.6 Å². The number of nitrogens with zero attached hydrogens (tertiary/aromatic N) is 4. The lowest BCUT2D eigenvalue weighted by Crippen LogP contribution is -2.54. The molecule has 2 aromatic rings. The first-order valence-corrected chi connectivity index (χ1v) is 29.1. The molecule has 4 saturated carbocycles. The van der Waals surface area contributed by atoms with Gasteiger partial charge < -0.3 is 45.2 Å². The van der Waals surface area contributed by atoms with E-state index in [4.69, 9.17) is 9.47 Å². The Morgan fingerprint density at radius 1 is 0.961 bits per heavy atom. The highest BCUT2D eigenvalue weighted by Gasteiger charge is 2.75. The lowest BCUT2D eigenvalue weighted by Gasteiger charge is -2.58. The molecule has 0 bridgehead atoms. The van der Waals surface area contributed by atoms with Crippen molar-refractivity contribution in [1.29, 1.82) is 5.26 Å². The van der Waals surface area contributed by atoms with Crippen LogP contribution in [0.15, 0.2) is 40.5 Å². The number of carboxylic acids is 1. The third-order valence-corrected chi connectivity index (χ3v) is 20.3. The average Bonchev–Trinajstić information content (AvgIpc) is 3.82. The number of aliphatic hydroxyl groups is 2. The Bertz CT molecular complexity index is 2710. The Kier molecular flexibility index (Phi) is 17.8. The van der Waals surface area contributed by atoms with E-state index in [0.717, 1.165) is 32.1 Å². The average molecular weight is 1080 g/mol. The number of allylic oxidation sites excluding steroid dienone is 2. The summed E-state index contributed by atoms with van der Waals surface area (Å²) in [7, 11) is 1.62. The van der Waals surface area contributed by atoms with Crippen molar-refractivity contribution >= 4 is 57.1 Å². The normalized spacial score (nSPS) is 29.3. The lowest BCUT2D eigenvalue weighted by atomic mass is 9.46. The number of nitriles is 1. The summed E-state index contributed by atoms with van der Waals surface area (Å²) in [5, 5.41) is 46.9. The van der Waals surface area contributed by atoms with E-state index < -0.39 is 29.6 Å². The van der Waals surface area contributed by atoms with Crippen LogP contribution in [0.3, 0.4) is 0 Å². The zero-order valence-electron chi connectivity index (χ0n) is 46.5. The molecule has 1 aliphatic heterocycles. The molecule has 77 heavy (non-hydrogen) atoms. The highest BCUT2D eigenvalue weighted by molar-refractivity contribution is 7.19. The number of rotatable bonds is 22. The van der Waals surface area contributed by atoms with Gasteiger partial charge in [-0.05, 0) is 185 Å². The standard InChI is InChI=1S/C59H82N6O11S/c1-33(41-18-19-42-40-17-15-37-28-38(66)22-23-58(37,7)43(40)30-47-59(41,42)76-47)14-21-49(68)62-45(55(72)73)12-9-10-24-61-48(67)13-11-25-65(56(74)75-39-16-20-44-46(29-39)77-50(32-60)63-44)27-26-64(8)51(69)31-57(5,6)52-36(4)53(70)34(2)35(3)54(52)71/h16,20,29,33,37-38,40-43,45,47,54,66,71H,9-15,17-19,21-28,30-31H2,1-8H3,(H,61,67)(H,62,68)(H,72,73). The maximum Gasteiger partial charge on any atom is 0.415 e. The fourth-order valence-corrected chi connectivity index (χ4v) is 15.7. The fourth-order valence-electron chi connectivity index (χ4n) is 14.9. The van der Waals surface area contributed by atoms with Crippen LogP contribution in [-0.4, -0.2) is 129 Å². The summed E-state index contributed by atoms with van der Waals surface area (Å²) in [6.07, 6.45) is 9.59. The van der Waals surface area contributed by atoms with Crippen molar-refractivity contribution in [2.75, 3.05) is 33.2 Å². The molecule has 8 rings (SSSR count). The Morgan fingerprint density at radius 3 is 2.47 bits per heavy atom. The van der Waals surface area contributed by atoms with Gasteiger partial charge >= 0.3 is 12.1 Å². The molecule has 6 aliphatic rings. The zero-order chi connectivity index (χ0) is 55.7. The van der Waals surface area contributed by atoms with Crippen LogP contribution >= 0.6 is 11.3 Å². The molecule has 5 aliphatic carbocycles. The number of carbonyl (C=O) groups is 6. The number of aliphatic hydroxyl groups excluding tert-OH is 2. The third-order valence-electron chi connectivity index (χ3n) is 19.4. The summed E-state index contributed by atoms with van der Waals surface area (Å²) in [6.45, 7) is 14.1. The molecular formula is C59H82N6O11S. The van der Waals surface area contributed by atoms with E-state index >= 15 is 0 Å². The van der Waals surface area contributed by atoms with Gasteiger partial charge in [0.25, 0.3) is 0 Å². The second-order valence-electron chi connectivity index (χ2n) is 24.5. The molecule has 2 heterocycles. The highest BCUT2D eigenvalue weighted by Crippen LogP contribution is 2.72. The van der Waals surface area contributed by atoms with Crippen molar-refractivity contribution in [3.05, 3.63) is 45.5 Å². The molecule has 1 spiro atoms. The largest absolute Gasteiger partial charge is 0.480 e. The Labute approximate surface area is 457 Å². The van der Waals surface area contributed by atoms with Gasteiger partial charge in [0.15, 0.2) is 10.8 Å². The predicted molar refractivity (Wildman–Crippen MR) is 290 cm³/mol. The number of unbranched alkanes of at least 4 members (excludes halogenated alkanes) is 1. The zero-order valence-corrected chi connectivity index (χ0v) is 47.3. The first-order valence-electron chi connectivity index (χ1n) is 28.3. The van der Waals surface area contributed by atoms with E-state index in [2.05, 4.69) is 29.5 Å². The van der Waals surface area contributed by atoms with Gasteiger partial charge in [-0.3, -0.25) is 19.2 Å². The molecule has 420 valence electrons. The molecule has 12 atom stereocenters. The maximum absolute atomic E-state index is 13.7. The van der Waals surface area contributed by atoms with Gasteiger partial charge in [0.2, 0.25) is 17.7 Å².